The second kappa shape index (κ2) is 6.99. The van der Waals surface area contributed by atoms with E-state index in [9.17, 15) is 4.79 Å². The molecule has 1 aromatic carbocycles. The van der Waals surface area contributed by atoms with Crippen LogP contribution in [0.1, 0.15) is 24.2 Å². The fourth-order valence-electron chi connectivity index (χ4n) is 2.33. The molecule has 3 N–H and O–H groups in total. The number of nitrogens with one attached hydrogen (secondary N) is 3. The van der Waals surface area contributed by atoms with Crippen molar-refractivity contribution in [2.45, 2.75) is 38.1 Å². The Balaban J connectivity index is 1.29. The zero-order valence-corrected chi connectivity index (χ0v) is 12.0. The summed E-state index contributed by atoms with van der Waals surface area (Å²) in [5.74, 6) is 0.638. The Morgan fingerprint density at radius 2 is 2.09 bits per heavy atom. The summed E-state index contributed by atoms with van der Waals surface area (Å²) >= 11 is 0. The minimum absolute atomic E-state index is 0.158. The van der Waals surface area contributed by atoms with E-state index in [0.717, 1.165) is 18.4 Å². The maximum Gasteiger partial charge on any atom is 0.407 e. The molecule has 1 heterocycles. The van der Waals surface area contributed by atoms with Crippen molar-refractivity contribution in [3.05, 3.63) is 41.7 Å². The van der Waals surface area contributed by atoms with Crippen molar-refractivity contribution in [2.75, 3.05) is 0 Å². The SMILES string of the molecule is O=C(NC1CC(NCc2nn[nH]n2)C1)OCc1ccccc1. The first-order valence-corrected chi connectivity index (χ1v) is 7.22. The van der Waals surface area contributed by atoms with Crippen LogP contribution in [0.25, 0.3) is 0 Å². The van der Waals surface area contributed by atoms with Crippen LogP contribution in [-0.2, 0) is 17.9 Å². The molecule has 0 aliphatic heterocycles. The molecule has 1 amide bonds. The number of aromatic amines is 1. The lowest BCUT2D eigenvalue weighted by atomic mass is 9.87. The smallest absolute Gasteiger partial charge is 0.407 e. The monoisotopic (exact) mass is 302 g/mol. The van der Waals surface area contributed by atoms with Crippen LogP contribution in [-0.4, -0.2) is 38.8 Å². The number of amides is 1. The van der Waals surface area contributed by atoms with Gasteiger partial charge < -0.3 is 15.4 Å². The number of hydrogen-bond donors (Lipinski definition) is 3. The summed E-state index contributed by atoms with van der Waals surface area (Å²) in [7, 11) is 0. The standard InChI is InChI=1S/C14H18N6O2/c21-14(22-9-10-4-2-1-3-5-10)16-12-6-11(7-12)15-8-13-17-19-20-18-13/h1-5,11-12,15H,6-9H2,(H,16,21)(H,17,18,19,20). The van der Waals surface area contributed by atoms with E-state index in [1.54, 1.807) is 0 Å². The summed E-state index contributed by atoms with van der Waals surface area (Å²) in [6.45, 7) is 0.866. The molecule has 0 atom stereocenters. The van der Waals surface area contributed by atoms with Crippen LogP contribution in [0.15, 0.2) is 30.3 Å². The Morgan fingerprint density at radius 1 is 1.27 bits per heavy atom. The van der Waals surface area contributed by atoms with Gasteiger partial charge in [-0.3, -0.25) is 0 Å². The molecule has 1 saturated carbocycles. The average molecular weight is 302 g/mol. The third-order valence-corrected chi connectivity index (χ3v) is 3.61. The lowest BCUT2D eigenvalue weighted by Crippen LogP contribution is -2.52. The topological polar surface area (TPSA) is 105 Å². The summed E-state index contributed by atoms with van der Waals surface area (Å²) in [6, 6.07) is 10.1. The van der Waals surface area contributed by atoms with E-state index in [-0.39, 0.29) is 12.1 Å². The molecule has 0 bridgehead atoms. The van der Waals surface area contributed by atoms with E-state index in [1.807, 2.05) is 30.3 Å². The van der Waals surface area contributed by atoms with E-state index in [4.69, 9.17) is 4.74 Å². The second-order valence-corrected chi connectivity index (χ2v) is 5.28. The van der Waals surface area contributed by atoms with Crippen LogP contribution in [0, 0.1) is 0 Å². The van der Waals surface area contributed by atoms with Gasteiger partial charge in [0.2, 0.25) is 0 Å². The fourth-order valence-corrected chi connectivity index (χ4v) is 2.33. The molecule has 8 nitrogen and oxygen atoms in total. The highest BCUT2D eigenvalue weighted by Gasteiger charge is 2.30. The Bertz CT molecular complexity index is 583. The number of benzene rings is 1. The Kier molecular flexibility index (Phi) is 4.59. The minimum Gasteiger partial charge on any atom is -0.445 e. The number of carbonyl (C=O) groups excluding carboxylic acids is 1. The third-order valence-electron chi connectivity index (χ3n) is 3.61. The largest absolute Gasteiger partial charge is 0.445 e. The summed E-state index contributed by atoms with van der Waals surface area (Å²) < 4.78 is 5.19. The molecule has 22 heavy (non-hydrogen) atoms. The average Bonchev–Trinajstić information content (AvgIpc) is 3.01. The molecule has 8 heteroatoms. The van der Waals surface area contributed by atoms with Gasteiger partial charge in [0.15, 0.2) is 5.82 Å². The van der Waals surface area contributed by atoms with E-state index in [0.29, 0.717) is 25.0 Å². The van der Waals surface area contributed by atoms with Crippen LogP contribution in [0.3, 0.4) is 0 Å². The molecular weight excluding hydrogens is 284 g/mol. The van der Waals surface area contributed by atoms with Gasteiger partial charge in [0, 0.05) is 12.1 Å². The summed E-state index contributed by atoms with van der Waals surface area (Å²) in [5, 5.41) is 19.8. The highest BCUT2D eigenvalue weighted by Crippen LogP contribution is 2.20. The molecule has 1 aliphatic carbocycles. The van der Waals surface area contributed by atoms with Gasteiger partial charge in [-0.1, -0.05) is 35.5 Å². The summed E-state index contributed by atoms with van der Waals surface area (Å²) in [4.78, 5) is 11.7. The predicted molar refractivity (Wildman–Crippen MR) is 77.6 cm³/mol. The zero-order chi connectivity index (χ0) is 15.2. The normalized spacial score (nSPS) is 20.2. The van der Waals surface area contributed by atoms with Crippen molar-refractivity contribution in [1.82, 2.24) is 31.3 Å². The van der Waals surface area contributed by atoms with Crippen molar-refractivity contribution in [2.24, 2.45) is 0 Å². The molecular formula is C14H18N6O2. The summed E-state index contributed by atoms with van der Waals surface area (Å²) in [6.07, 6.45) is 1.38. The number of tetrazole rings is 1. The molecule has 1 fully saturated rings. The number of alkyl carbamates (subject to hydrolysis) is 1. The van der Waals surface area contributed by atoms with Gasteiger partial charge in [0.25, 0.3) is 0 Å². The highest BCUT2D eigenvalue weighted by molar-refractivity contribution is 5.67. The quantitative estimate of drug-likeness (QED) is 0.727. The maximum atomic E-state index is 11.7. The van der Waals surface area contributed by atoms with Crippen LogP contribution < -0.4 is 10.6 Å². The van der Waals surface area contributed by atoms with Crippen molar-refractivity contribution in [3.8, 4) is 0 Å². The number of carbonyl (C=O) groups is 1. The number of nitrogens with zero attached hydrogens (tertiary/aromatic N) is 3. The van der Waals surface area contributed by atoms with Crippen LogP contribution in [0.2, 0.25) is 0 Å². The molecule has 116 valence electrons. The summed E-state index contributed by atoms with van der Waals surface area (Å²) in [5.41, 5.74) is 0.978. The Hall–Kier alpha value is -2.48. The first kappa shape index (κ1) is 14.5. The van der Waals surface area contributed by atoms with Crippen molar-refractivity contribution in [3.63, 3.8) is 0 Å². The van der Waals surface area contributed by atoms with Crippen LogP contribution in [0.5, 0.6) is 0 Å². The van der Waals surface area contributed by atoms with Gasteiger partial charge in [-0.2, -0.15) is 5.21 Å². The van der Waals surface area contributed by atoms with E-state index < -0.39 is 0 Å². The van der Waals surface area contributed by atoms with E-state index >= 15 is 0 Å². The van der Waals surface area contributed by atoms with Gasteiger partial charge in [-0.15, -0.1) is 10.2 Å². The second-order valence-electron chi connectivity index (χ2n) is 5.28. The number of H-pyrrole nitrogens is 1. The lowest BCUT2D eigenvalue weighted by Gasteiger charge is -2.35. The first-order chi connectivity index (χ1) is 10.8. The van der Waals surface area contributed by atoms with Gasteiger partial charge >= 0.3 is 6.09 Å². The molecule has 1 aromatic heterocycles. The number of rotatable bonds is 6. The van der Waals surface area contributed by atoms with Gasteiger partial charge in [-0.25, -0.2) is 4.79 Å². The van der Waals surface area contributed by atoms with Crippen LogP contribution >= 0.6 is 0 Å². The highest BCUT2D eigenvalue weighted by atomic mass is 16.5. The van der Waals surface area contributed by atoms with Crippen molar-refractivity contribution < 1.29 is 9.53 Å². The van der Waals surface area contributed by atoms with Gasteiger partial charge in [0.1, 0.15) is 6.61 Å². The van der Waals surface area contributed by atoms with Gasteiger partial charge in [0.05, 0.1) is 6.54 Å². The molecule has 0 spiro atoms. The number of hydrogen-bond acceptors (Lipinski definition) is 6. The Labute approximate surface area is 127 Å². The number of ether oxygens (including phenoxy) is 1. The fraction of sp³-hybridized carbons (Fsp3) is 0.429. The minimum atomic E-state index is -0.370. The number of aromatic nitrogens is 4. The lowest BCUT2D eigenvalue weighted by molar-refractivity contribution is 0.125. The Morgan fingerprint density at radius 3 is 2.82 bits per heavy atom. The third kappa shape index (κ3) is 4.01. The first-order valence-electron chi connectivity index (χ1n) is 7.22. The molecule has 0 saturated heterocycles. The van der Waals surface area contributed by atoms with E-state index in [1.165, 1.54) is 0 Å². The zero-order valence-electron chi connectivity index (χ0n) is 12.0. The predicted octanol–water partition coefficient (Wildman–Crippen LogP) is 0.747. The molecule has 0 unspecified atom stereocenters. The molecule has 3 rings (SSSR count). The molecule has 2 aromatic rings. The maximum absolute atomic E-state index is 11.7. The molecule has 0 radical (unpaired) electrons. The van der Waals surface area contributed by atoms with Crippen LogP contribution in [0.4, 0.5) is 4.79 Å². The van der Waals surface area contributed by atoms with E-state index in [2.05, 4.69) is 31.3 Å². The van der Waals surface area contributed by atoms with Crippen molar-refractivity contribution in [1.29, 1.82) is 0 Å². The van der Waals surface area contributed by atoms with Gasteiger partial charge in [-0.05, 0) is 18.4 Å². The molecule has 1 aliphatic rings. The van der Waals surface area contributed by atoms with Crippen molar-refractivity contribution >= 4 is 6.09 Å².